The van der Waals surface area contributed by atoms with Gasteiger partial charge in [-0.3, -0.25) is 4.79 Å². The molecule has 5 nitrogen and oxygen atoms in total. The van der Waals surface area contributed by atoms with Gasteiger partial charge in [0.05, 0.1) is 26.9 Å². The Labute approximate surface area is 160 Å². The van der Waals surface area contributed by atoms with Gasteiger partial charge in [0.15, 0.2) is 11.5 Å². The fraction of sp³-hybridized carbons (Fsp3) is 0.318. The van der Waals surface area contributed by atoms with Crippen LogP contribution in [0.2, 0.25) is 0 Å². The van der Waals surface area contributed by atoms with E-state index in [1.54, 1.807) is 31.3 Å². The summed E-state index contributed by atoms with van der Waals surface area (Å²) in [7, 11) is 3.19. The number of anilines is 1. The molecule has 0 bridgehead atoms. The van der Waals surface area contributed by atoms with Crippen LogP contribution in [0.4, 0.5) is 5.69 Å². The van der Waals surface area contributed by atoms with Crippen LogP contribution in [0.15, 0.2) is 54.6 Å². The highest BCUT2D eigenvalue weighted by Gasteiger charge is 2.22. The Morgan fingerprint density at radius 3 is 2.59 bits per heavy atom. The van der Waals surface area contributed by atoms with E-state index in [0.29, 0.717) is 18.0 Å². The zero-order chi connectivity index (χ0) is 19.1. The third-order valence-electron chi connectivity index (χ3n) is 4.57. The summed E-state index contributed by atoms with van der Waals surface area (Å²) in [4.78, 5) is 14.7. The number of para-hydroxylation sites is 1. The summed E-state index contributed by atoms with van der Waals surface area (Å²) in [5.74, 6) is 1.21. The Balaban J connectivity index is 1.78. The first-order valence-corrected chi connectivity index (χ1v) is 9.09. The zero-order valence-electron chi connectivity index (χ0n) is 15.8. The SMILES string of the molecule is COc1ccc(/C=C/C(=O)N(CC2CCCO2)c2ccccc2)cc1OC. The Morgan fingerprint density at radius 1 is 1.15 bits per heavy atom. The van der Waals surface area contributed by atoms with Crippen molar-refractivity contribution in [3.63, 3.8) is 0 Å². The van der Waals surface area contributed by atoms with Crippen LogP contribution in [0.3, 0.4) is 0 Å². The summed E-state index contributed by atoms with van der Waals surface area (Å²) in [5, 5.41) is 0. The molecule has 142 valence electrons. The van der Waals surface area contributed by atoms with E-state index in [4.69, 9.17) is 14.2 Å². The first-order valence-electron chi connectivity index (χ1n) is 9.09. The zero-order valence-corrected chi connectivity index (χ0v) is 15.8. The third-order valence-corrected chi connectivity index (χ3v) is 4.57. The largest absolute Gasteiger partial charge is 0.493 e. The molecule has 0 saturated carbocycles. The summed E-state index contributed by atoms with van der Waals surface area (Å²) in [6.07, 6.45) is 5.49. The van der Waals surface area contributed by atoms with Gasteiger partial charge in [-0.15, -0.1) is 0 Å². The van der Waals surface area contributed by atoms with Crippen molar-refractivity contribution < 1.29 is 19.0 Å². The summed E-state index contributed by atoms with van der Waals surface area (Å²) in [6, 6.07) is 15.2. The minimum atomic E-state index is -0.0773. The lowest BCUT2D eigenvalue weighted by atomic mass is 10.1. The number of ether oxygens (including phenoxy) is 3. The number of hydrogen-bond acceptors (Lipinski definition) is 4. The van der Waals surface area contributed by atoms with Crippen LogP contribution < -0.4 is 14.4 Å². The van der Waals surface area contributed by atoms with Gasteiger partial charge in [-0.05, 0) is 48.7 Å². The maximum Gasteiger partial charge on any atom is 0.251 e. The van der Waals surface area contributed by atoms with Crippen molar-refractivity contribution in [2.24, 2.45) is 0 Å². The van der Waals surface area contributed by atoms with Gasteiger partial charge in [0.1, 0.15) is 0 Å². The normalized spacial score (nSPS) is 16.4. The second kappa shape index (κ2) is 9.24. The number of hydrogen-bond donors (Lipinski definition) is 0. The van der Waals surface area contributed by atoms with E-state index >= 15 is 0 Å². The van der Waals surface area contributed by atoms with E-state index in [9.17, 15) is 4.79 Å². The van der Waals surface area contributed by atoms with E-state index in [1.165, 1.54) is 0 Å². The molecule has 2 aromatic rings. The summed E-state index contributed by atoms with van der Waals surface area (Å²) in [6.45, 7) is 1.32. The maximum atomic E-state index is 12.9. The molecule has 0 N–H and O–H groups in total. The van der Waals surface area contributed by atoms with E-state index in [0.717, 1.165) is 30.7 Å². The molecular formula is C22H25NO4. The molecule has 0 spiro atoms. The van der Waals surface area contributed by atoms with Gasteiger partial charge in [0.2, 0.25) is 0 Å². The fourth-order valence-corrected chi connectivity index (χ4v) is 3.14. The lowest BCUT2D eigenvalue weighted by Gasteiger charge is -2.24. The van der Waals surface area contributed by atoms with Crippen LogP contribution in [0.25, 0.3) is 6.08 Å². The minimum Gasteiger partial charge on any atom is -0.493 e. The lowest BCUT2D eigenvalue weighted by Crippen LogP contribution is -2.36. The average Bonchev–Trinajstić information content (AvgIpc) is 3.24. The van der Waals surface area contributed by atoms with Gasteiger partial charge in [-0.25, -0.2) is 0 Å². The van der Waals surface area contributed by atoms with Gasteiger partial charge in [-0.2, -0.15) is 0 Å². The predicted octanol–water partition coefficient (Wildman–Crippen LogP) is 3.93. The molecule has 1 unspecified atom stereocenters. The minimum absolute atomic E-state index is 0.0773. The molecule has 27 heavy (non-hydrogen) atoms. The molecule has 3 rings (SSSR count). The highest BCUT2D eigenvalue weighted by molar-refractivity contribution is 6.03. The smallest absolute Gasteiger partial charge is 0.251 e. The standard InChI is InChI=1S/C22H25NO4/c1-25-20-12-10-17(15-21(20)26-2)11-13-22(24)23(16-19-9-6-14-27-19)18-7-4-3-5-8-18/h3-5,7-8,10-13,15,19H,6,9,14,16H2,1-2H3/b13-11+. The van der Waals surface area contributed by atoms with Gasteiger partial charge in [0, 0.05) is 18.4 Å². The monoisotopic (exact) mass is 367 g/mol. The second-order valence-corrected chi connectivity index (χ2v) is 6.37. The molecule has 0 radical (unpaired) electrons. The van der Waals surface area contributed by atoms with Crippen LogP contribution in [-0.2, 0) is 9.53 Å². The maximum absolute atomic E-state index is 12.9. The van der Waals surface area contributed by atoms with Crippen molar-refractivity contribution in [3.05, 3.63) is 60.2 Å². The number of carbonyl (C=O) groups is 1. The summed E-state index contributed by atoms with van der Waals surface area (Å²) < 4.78 is 16.3. The Kier molecular flexibility index (Phi) is 6.49. The molecule has 0 aromatic heterocycles. The number of carbonyl (C=O) groups excluding carboxylic acids is 1. The molecule has 1 aliphatic heterocycles. The van der Waals surface area contributed by atoms with Crippen molar-refractivity contribution in [1.29, 1.82) is 0 Å². The number of amides is 1. The molecule has 2 aromatic carbocycles. The molecule has 1 heterocycles. The second-order valence-electron chi connectivity index (χ2n) is 6.37. The van der Waals surface area contributed by atoms with Crippen molar-refractivity contribution in [3.8, 4) is 11.5 Å². The number of methoxy groups -OCH3 is 2. The number of rotatable bonds is 7. The van der Waals surface area contributed by atoms with Crippen molar-refractivity contribution in [2.45, 2.75) is 18.9 Å². The van der Waals surface area contributed by atoms with Crippen molar-refractivity contribution in [1.82, 2.24) is 0 Å². The van der Waals surface area contributed by atoms with E-state index in [2.05, 4.69) is 0 Å². The predicted molar refractivity (Wildman–Crippen MR) is 106 cm³/mol. The van der Waals surface area contributed by atoms with Gasteiger partial charge in [-0.1, -0.05) is 24.3 Å². The van der Waals surface area contributed by atoms with E-state index < -0.39 is 0 Å². The molecule has 1 aliphatic rings. The number of benzene rings is 2. The highest BCUT2D eigenvalue weighted by atomic mass is 16.5. The first kappa shape index (κ1) is 19.0. The summed E-state index contributed by atoms with van der Waals surface area (Å²) >= 11 is 0. The molecule has 1 fully saturated rings. The van der Waals surface area contributed by atoms with Crippen LogP contribution in [0, 0.1) is 0 Å². The van der Waals surface area contributed by atoms with Crippen LogP contribution in [-0.4, -0.2) is 39.4 Å². The van der Waals surface area contributed by atoms with Gasteiger partial charge in [0.25, 0.3) is 5.91 Å². The third kappa shape index (κ3) is 4.89. The molecule has 1 atom stereocenters. The van der Waals surface area contributed by atoms with E-state index in [1.807, 2.05) is 48.5 Å². The lowest BCUT2D eigenvalue weighted by molar-refractivity contribution is -0.114. The van der Waals surface area contributed by atoms with Crippen molar-refractivity contribution >= 4 is 17.7 Å². The topological polar surface area (TPSA) is 48.0 Å². The Morgan fingerprint density at radius 2 is 1.93 bits per heavy atom. The Hall–Kier alpha value is -2.79. The molecule has 1 saturated heterocycles. The van der Waals surface area contributed by atoms with Crippen LogP contribution in [0.5, 0.6) is 11.5 Å². The van der Waals surface area contributed by atoms with Gasteiger partial charge >= 0.3 is 0 Å². The average molecular weight is 367 g/mol. The molecule has 5 heteroatoms. The van der Waals surface area contributed by atoms with Crippen molar-refractivity contribution in [2.75, 3.05) is 32.3 Å². The molecular weight excluding hydrogens is 342 g/mol. The number of nitrogens with zero attached hydrogens (tertiary/aromatic N) is 1. The fourth-order valence-electron chi connectivity index (χ4n) is 3.14. The van der Waals surface area contributed by atoms with E-state index in [-0.39, 0.29) is 12.0 Å². The quantitative estimate of drug-likeness (QED) is 0.696. The van der Waals surface area contributed by atoms with Crippen LogP contribution in [0.1, 0.15) is 18.4 Å². The molecule has 0 aliphatic carbocycles. The summed E-state index contributed by atoms with van der Waals surface area (Å²) in [5.41, 5.74) is 1.74. The first-order chi connectivity index (χ1) is 13.2. The highest BCUT2D eigenvalue weighted by Crippen LogP contribution is 2.28. The molecule has 1 amide bonds. The van der Waals surface area contributed by atoms with Crippen LogP contribution >= 0.6 is 0 Å². The van der Waals surface area contributed by atoms with Gasteiger partial charge < -0.3 is 19.1 Å². The Bertz CT molecular complexity index is 782.